The van der Waals surface area contributed by atoms with E-state index in [1.54, 1.807) is 0 Å². The Morgan fingerprint density at radius 1 is 0.895 bits per heavy atom. The van der Waals surface area contributed by atoms with Gasteiger partial charge in [-0.1, -0.05) is 45.0 Å². The second-order valence-electron chi connectivity index (χ2n) is 5.47. The maximum absolute atomic E-state index is 13.1. The summed E-state index contributed by atoms with van der Waals surface area (Å²) < 4.78 is 62.8. The first-order valence-electron chi connectivity index (χ1n) is 5.68. The minimum Gasteiger partial charge on any atom is -0.319 e. The molecule has 2 N–H and O–H groups in total. The number of nitrogens with two attached hydrogens (primary N) is 1. The summed E-state index contributed by atoms with van der Waals surface area (Å²) in [7, 11) is 0. The van der Waals surface area contributed by atoms with E-state index in [-0.39, 0.29) is 11.0 Å². The molecule has 1 aromatic rings. The first kappa shape index (κ1) is 15.9. The zero-order valence-electron chi connectivity index (χ0n) is 10.9. The Balaban J connectivity index is 3.06. The summed E-state index contributed by atoms with van der Waals surface area (Å²) >= 11 is 0. The van der Waals surface area contributed by atoms with Gasteiger partial charge in [0.25, 0.3) is 0 Å². The van der Waals surface area contributed by atoms with Crippen molar-refractivity contribution in [2.24, 2.45) is 5.73 Å². The molecule has 1 rings (SSSR count). The van der Waals surface area contributed by atoms with Gasteiger partial charge in [-0.3, -0.25) is 0 Å². The first-order chi connectivity index (χ1) is 8.37. The van der Waals surface area contributed by atoms with Crippen LogP contribution in [0.15, 0.2) is 24.3 Å². The fourth-order valence-electron chi connectivity index (χ4n) is 1.58. The summed E-state index contributed by atoms with van der Waals surface area (Å²) in [5.74, 6) is -4.95. The molecule has 0 saturated carbocycles. The fraction of sp³-hybridized carbons (Fsp3) is 0.538. The highest BCUT2D eigenvalue weighted by molar-refractivity contribution is 5.30. The Morgan fingerprint density at radius 2 is 1.32 bits per heavy atom. The van der Waals surface area contributed by atoms with Gasteiger partial charge in [0, 0.05) is 0 Å². The highest BCUT2D eigenvalue weighted by atomic mass is 19.4. The summed E-state index contributed by atoms with van der Waals surface area (Å²) in [6.45, 7) is 5.73. The predicted octanol–water partition coefficient (Wildman–Crippen LogP) is 4.18. The second kappa shape index (κ2) is 4.74. The van der Waals surface area contributed by atoms with E-state index in [0.29, 0.717) is 0 Å². The molecule has 1 nitrogen and oxygen atoms in total. The summed E-state index contributed by atoms with van der Waals surface area (Å²) in [4.78, 5) is 0. The Hall–Kier alpha value is -1.17. The average Bonchev–Trinajstić information content (AvgIpc) is 2.25. The van der Waals surface area contributed by atoms with Crippen LogP contribution in [0.5, 0.6) is 0 Å². The van der Waals surface area contributed by atoms with Crippen molar-refractivity contribution in [3.8, 4) is 0 Å². The van der Waals surface area contributed by atoms with Gasteiger partial charge in [0.05, 0.1) is 0 Å². The van der Waals surface area contributed by atoms with Crippen molar-refractivity contribution < 1.29 is 22.0 Å². The van der Waals surface area contributed by atoms with Gasteiger partial charge >= 0.3 is 12.1 Å². The maximum atomic E-state index is 13.1. The third kappa shape index (κ3) is 3.23. The van der Waals surface area contributed by atoms with Crippen LogP contribution < -0.4 is 5.73 Å². The SMILES string of the molecule is CC(C)(C)c1ccc([C@@H](N)C(F)(F)C(F)(F)F)cc1. The Kier molecular flexibility index (Phi) is 3.96. The van der Waals surface area contributed by atoms with Crippen LogP contribution >= 0.6 is 0 Å². The Bertz CT molecular complexity index is 428. The molecule has 0 fully saturated rings. The van der Waals surface area contributed by atoms with Gasteiger partial charge in [0.15, 0.2) is 0 Å². The lowest BCUT2D eigenvalue weighted by Crippen LogP contribution is -2.45. The van der Waals surface area contributed by atoms with E-state index in [1.807, 2.05) is 20.8 Å². The van der Waals surface area contributed by atoms with E-state index in [9.17, 15) is 22.0 Å². The largest absolute Gasteiger partial charge is 0.455 e. The molecule has 0 unspecified atom stereocenters. The number of hydrogen-bond donors (Lipinski definition) is 1. The van der Waals surface area contributed by atoms with E-state index in [4.69, 9.17) is 5.73 Å². The summed E-state index contributed by atoms with van der Waals surface area (Å²) in [6.07, 6.45) is -5.66. The first-order valence-corrected chi connectivity index (χ1v) is 5.68. The molecule has 0 radical (unpaired) electrons. The molecule has 0 bridgehead atoms. The quantitative estimate of drug-likeness (QED) is 0.808. The molecular weight excluding hydrogens is 265 g/mol. The molecule has 108 valence electrons. The number of halogens is 5. The van der Waals surface area contributed by atoms with E-state index in [1.165, 1.54) is 24.3 Å². The summed E-state index contributed by atoms with van der Waals surface area (Å²) in [6, 6.07) is 3.06. The molecule has 0 aliphatic heterocycles. The van der Waals surface area contributed by atoms with Crippen LogP contribution in [-0.2, 0) is 5.41 Å². The third-order valence-corrected chi connectivity index (χ3v) is 2.90. The van der Waals surface area contributed by atoms with Crippen LogP contribution in [0.2, 0.25) is 0 Å². The molecule has 0 amide bonds. The number of alkyl halides is 5. The van der Waals surface area contributed by atoms with Gasteiger partial charge in [-0.25, -0.2) is 0 Å². The van der Waals surface area contributed by atoms with Gasteiger partial charge in [-0.05, 0) is 16.5 Å². The lowest BCUT2D eigenvalue weighted by molar-refractivity contribution is -0.291. The van der Waals surface area contributed by atoms with Crippen LogP contribution in [0.25, 0.3) is 0 Å². The van der Waals surface area contributed by atoms with Gasteiger partial charge in [0.2, 0.25) is 0 Å². The normalized spacial score (nSPS) is 15.4. The Labute approximate surface area is 108 Å². The van der Waals surface area contributed by atoms with E-state index in [0.717, 1.165) is 5.56 Å². The molecule has 0 aliphatic carbocycles. The van der Waals surface area contributed by atoms with Crippen LogP contribution in [0, 0.1) is 0 Å². The highest BCUT2D eigenvalue weighted by Gasteiger charge is 2.61. The minimum absolute atomic E-state index is 0.213. The van der Waals surface area contributed by atoms with Crippen LogP contribution in [0.4, 0.5) is 22.0 Å². The number of hydrogen-bond acceptors (Lipinski definition) is 1. The fourth-order valence-corrected chi connectivity index (χ4v) is 1.58. The van der Waals surface area contributed by atoms with Gasteiger partial charge < -0.3 is 5.73 Å². The predicted molar refractivity (Wildman–Crippen MR) is 63.1 cm³/mol. The molecular formula is C13H16F5N. The van der Waals surface area contributed by atoms with E-state index in [2.05, 4.69) is 0 Å². The number of rotatable bonds is 2. The lowest BCUT2D eigenvalue weighted by atomic mass is 9.86. The van der Waals surface area contributed by atoms with Crippen molar-refractivity contribution in [1.82, 2.24) is 0 Å². The molecule has 6 heteroatoms. The van der Waals surface area contributed by atoms with Crippen LogP contribution in [0.1, 0.15) is 37.9 Å². The van der Waals surface area contributed by atoms with Crippen LogP contribution in [0.3, 0.4) is 0 Å². The zero-order chi connectivity index (χ0) is 15.1. The van der Waals surface area contributed by atoms with Crippen LogP contribution in [-0.4, -0.2) is 12.1 Å². The average molecular weight is 281 g/mol. The molecule has 0 saturated heterocycles. The molecule has 0 aromatic heterocycles. The lowest BCUT2D eigenvalue weighted by Gasteiger charge is -2.26. The Morgan fingerprint density at radius 3 is 1.63 bits per heavy atom. The summed E-state index contributed by atoms with van der Waals surface area (Å²) in [5, 5.41) is 0. The molecule has 0 spiro atoms. The van der Waals surface area contributed by atoms with E-state index < -0.39 is 18.1 Å². The molecule has 0 aliphatic rings. The molecule has 0 heterocycles. The molecule has 1 aromatic carbocycles. The zero-order valence-corrected chi connectivity index (χ0v) is 10.9. The van der Waals surface area contributed by atoms with Crippen molar-refractivity contribution in [1.29, 1.82) is 0 Å². The monoisotopic (exact) mass is 281 g/mol. The van der Waals surface area contributed by atoms with Gasteiger partial charge in [-0.2, -0.15) is 22.0 Å². The van der Waals surface area contributed by atoms with Gasteiger partial charge in [0.1, 0.15) is 6.04 Å². The number of benzene rings is 1. The topological polar surface area (TPSA) is 26.0 Å². The minimum atomic E-state index is -5.66. The maximum Gasteiger partial charge on any atom is 0.455 e. The summed E-state index contributed by atoms with van der Waals surface area (Å²) in [5.41, 5.74) is 5.43. The van der Waals surface area contributed by atoms with Crippen molar-refractivity contribution in [3.05, 3.63) is 35.4 Å². The van der Waals surface area contributed by atoms with Crippen molar-refractivity contribution >= 4 is 0 Å². The van der Waals surface area contributed by atoms with Crippen molar-refractivity contribution in [2.75, 3.05) is 0 Å². The second-order valence-corrected chi connectivity index (χ2v) is 5.47. The molecule has 1 atom stereocenters. The third-order valence-electron chi connectivity index (χ3n) is 2.90. The standard InChI is InChI=1S/C13H16F5N/c1-11(2,3)9-6-4-8(5-7-9)10(19)12(14,15)13(16,17)18/h4-7,10H,19H2,1-3H3/t10-/m1/s1. The smallest absolute Gasteiger partial charge is 0.319 e. The molecule has 19 heavy (non-hydrogen) atoms. The van der Waals surface area contributed by atoms with Gasteiger partial charge in [-0.15, -0.1) is 0 Å². The highest BCUT2D eigenvalue weighted by Crippen LogP contribution is 2.43. The van der Waals surface area contributed by atoms with E-state index >= 15 is 0 Å². The van der Waals surface area contributed by atoms with Crippen molar-refractivity contribution in [3.63, 3.8) is 0 Å². The van der Waals surface area contributed by atoms with Crippen molar-refractivity contribution in [2.45, 2.75) is 44.3 Å².